The Hall–Kier alpha value is -1.10. The molecule has 120 valence electrons. The van der Waals surface area contributed by atoms with E-state index in [0.29, 0.717) is 11.1 Å². The van der Waals surface area contributed by atoms with Gasteiger partial charge in [-0.1, -0.05) is 17.7 Å². The molecular formula is C17H23ClN2O2. The molecule has 1 N–H and O–H groups in total. The molecule has 1 amide bonds. The molecule has 2 aliphatic rings. The van der Waals surface area contributed by atoms with Gasteiger partial charge in [0.15, 0.2) is 0 Å². The van der Waals surface area contributed by atoms with E-state index in [9.17, 15) is 9.90 Å². The van der Waals surface area contributed by atoms with Gasteiger partial charge in [0.25, 0.3) is 0 Å². The summed E-state index contributed by atoms with van der Waals surface area (Å²) in [5.74, 6) is 0.166. The van der Waals surface area contributed by atoms with Crippen LogP contribution in [0.15, 0.2) is 24.3 Å². The van der Waals surface area contributed by atoms with Crippen molar-refractivity contribution in [1.82, 2.24) is 4.90 Å². The van der Waals surface area contributed by atoms with Crippen molar-refractivity contribution >= 4 is 23.2 Å². The fourth-order valence-corrected chi connectivity index (χ4v) is 3.97. The molecule has 2 heterocycles. The second kappa shape index (κ2) is 6.57. The molecule has 1 aromatic rings. The van der Waals surface area contributed by atoms with E-state index in [1.54, 1.807) is 0 Å². The van der Waals surface area contributed by atoms with Crippen molar-refractivity contribution in [3.63, 3.8) is 0 Å². The third kappa shape index (κ3) is 3.14. The first-order valence-electron chi connectivity index (χ1n) is 8.07. The van der Waals surface area contributed by atoms with Crippen molar-refractivity contribution in [1.29, 1.82) is 0 Å². The molecular weight excluding hydrogens is 300 g/mol. The van der Waals surface area contributed by atoms with E-state index in [4.69, 9.17) is 11.6 Å². The van der Waals surface area contributed by atoms with Crippen molar-refractivity contribution in [2.24, 2.45) is 0 Å². The molecule has 2 aliphatic heterocycles. The first-order valence-corrected chi connectivity index (χ1v) is 8.45. The van der Waals surface area contributed by atoms with Crippen LogP contribution >= 0.6 is 11.6 Å². The van der Waals surface area contributed by atoms with Crippen LogP contribution in [-0.4, -0.2) is 47.2 Å². The Morgan fingerprint density at radius 2 is 2.18 bits per heavy atom. The average Bonchev–Trinajstić information content (AvgIpc) is 3.04. The number of hydrogen-bond donors (Lipinski definition) is 1. The first-order chi connectivity index (χ1) is 10.6. The van der Waals surface area contributed by atoms with E-state index < -0.39 is 0 Å². The fourth-order valence-electron chi connectivity index (χ4n) is 3.79. The van der Waals surface area contributed by atoms with Crippen molar-refractivity contribution < 1.29 is 9.90 Å². The predicted octanol–water partition coefficient (Wildman–Crippen LogP) is 2.68. The molecule has 1 aromatic carbocycles. The van der Waals surface area contributed by atoms with E-state index >= 15 is 0 Å². The minimum Gasteiger partial charge on any atom is -0.393 e. The minimum absolute atomic E-state index is 0.0507. The normalized spacial score (nSPS) is 27.6. The second-order valence-electron chi connectivity index (χ2n) is 6.39. The summed E-state index contributed by atoms with van der Waals surface area (Å²) < 4.78 is 0. The van der Waals surface area contributed by atoms with E-state index in [0.717, 1.165) is 44.5 Å². The van der Waals surface area contributed by atoms with E-state index in [1.807, 2.05) is 36.1 Å². The predicted molar refractivity (Wildman–Crippen MR) is 88.2 cm³/mol. The van der Waals surface area contributed by atoms with Crippen LogP contribution in [0.5, 0.6) is 0 Å². The zero-order valence-electron chi connectivity index (χ0n) is 12.9. The molecule has 22 heavy (non-hydrogen) atoms. The number of aliphatic hydroxyl groups excluding tert-OH is 1. The maximum Gasteiger partial charge on any atom is 0.244 e. The van der Waals surface area contributed by atoms with E-state index in [2.05, 4.69) is 4.90 Å². The number of aliphatic hydroxyl groups is 1. The van der Waals surface area contributed by atoms with Gasteiger partial charge in [-0.2, -0.15) is 0 Å². The van der Waals surface area contributed by atoms with Crippen molar-refractivity contribution in [3.8, 4) is 0 Å². The van der Waals surface area contributed by atoms with Gasteiger partial charge in [0.05, 0.1) is 12.1 Å². The van der Waals surface area contributed by atoms with Gasteiger partial charge in [-0.05, 0) is 57.4 Å². The summed E-state index contributed by atoms with van der Waals surface area (Å²) in [6.45, 7) is 3.52. The van der Waals surface area contributed by atoms with E-state index in [-0.39, 0.29) is 18.1 Å². The van der Waals surface area contributed by atoms with Crippen molar-refractivity contribution in [3.05, 3.63) is 29.3 Å². The largest absolute Gasteiger partial charge is 0.393 e. The first kappa shape index (κ1) is 15.8. The summed E-state index contributed by atoms with van der Waals surface area (Å²) >= 11 is 6.04. The number of rotatable bonds is 4. The van der Waals surface area contributed by atoms with Gasteiger partial charge in [0.1, 0.15) is 0 Å². The van der Waals surface area contributed by atoms with Crippen LogP contribution in [0.3, 0.4) is 0 Å². The number of carbonyl (C=O) groups excluding carboxylic acids is 1. The number of likely N-dealkylation sites (tertiary alicyclic amines) is 1. The van der Waals surface area contributed by atoms with Crippen molar-refractivity contribution in [2.45, 2.75) is 50.8 Å². The number of anilines is 1. The minimum atomic E-state index is -0.314. The SMILES string of the molecule is CC(O)CC1CCCN1C1CCN(c2cccc(Cl)c2)C1=O. The summed E-state index contributed by atoms with van der Waals surface area (Å²) in [6.07, 6.45) is 3.47. The van der Waals surface area contributed by atoms with Gasteiger partial charge in [0, 0.05) is 23.3 Å². The fraction of sp³-hybridized carbons (Fsp3) is 0.588. The Morgan fingerprint density at radius 3 is 2.91 bits per heavy atom. The maximum atomic E-state index is 12.8. The number of hydrogen-bond acceptors (Lipinski definition) is 3. The zero-order chi connectivity index (χ0) is 15.7. The molecule has 3 rings (SSSR count). The third-order valence-electron chi connectivity index (χ3n) is 4.73. The molecule has 2 saturated heterocycles. The summed E-state index contributed by atoms with van der Waals surface area (Å²) in [5, 5.41) is 10.3. The molecule has 0 aromatic heterocycles. The highest BCUT2D eigenvalue weighted by Crippen LogP contribution is 2.31. The monoisotopic (exact) mass is 322 g/mol. The topological polar surface area (TPSA) is 43.8 Å². The maximum absolute atomic E-state index is 12.8. The van der Waals surface area contributed by atoms with E-state index in [1.165, 1.54) is 0 Å². The van der Waals surface area contributed by atoms with Gasteiger partial charge in [0.2, 0.25) is 5.91 Å². The molecule has 0 spiro atoms. The lowest BCUT2D eigenvalue weighted by Crippen LogP contribution is -2.45. The Balaban J connectivity index is 1.73. The highest BCUT2D eigenvalue weighted by atomic mass is 35.5. The highest BCUT2D eigenvalue weighted by Gasteiger charge is 2.41. The second-order valence-corrected chi connectivity index (χ2v) is 6.83. The summed E-state index contributed by atoms with van der Waals surface area (Å²) in [6, 6.07) is 7.76. The van der Waals surface area contributed by atoms with Gasteiger partial charge < -0.3 is 10.0 Å². The summed E-state index contributed by atoms with van der Waals surface area (Å²) in [5.41, 5.74) is 0.881. The molecule has 2 fully saturated rings. The zero-order valence-corrected chi connectivity index (χ0v) is 13.7. The molecule has 3 atom stereocenters. The number of carbonyl (C=O) groups is 1. The molecule has 0 saturated carbocycles. The van der Waals surface area contributed by atoms with Crippen molar-refractivity contribution in [2.75, 3.05) is 18.0 Å². The molecule has 0 radical (unpaired) electrons. The number of nitrogens with zero attached hydrogens (tertiary/aromatic N) is 2. The van der Waals surface area contributed by atoms with Crippen LogP contribution in [0, 0.1) is 0 Å². The van der Waals surface area contributed by atoms with Gasteiger partial charge >= 0.3 is 0 Å². The Morgan fingerprint density at radius 1 is 1.36 bits per heavy atom. The lowest BCUT2D eigenvalue weighted by atomic mass is 10.1. The molecule has 0 aliphatic carbocycles. The van der Waals surface area contributed by atoms with Crippen LogP contribution < -0.4 is 4.90 Å². The van der Waals surface area contributed by atoms with Crippen LogP contribution in [0.4, 0.5) is 5.69 Å². The van der Waals surface area contributed by atoms with Crippen LogP contribution in [-0.2, 0) is 4.79 Å². The molecule has 4 nitrogen and oxygen atoms in total. The summed E-state index contributed by atoms with van der Waals surface area (Å²) in [4.78, 5) is 17.0. The van der Waals surface area contributed by atoms with Crippen LogP contribution in [0.2, 0.25) is 5.02 Å². The molecule has 5 heteroatoms. The lowest BCUT2D eigenvalue weighted by molar-refractivity contribution is -0.122. The quantitative estimate of drug-likeness (QED) is 0.927. The Labute approximate surface area is 136 Å². The Bertz CT molecular complexity index is 549. The number of amides is 1. The smallest absolute Gasteiger partial charge is 0.244 e. The molecule has 0 bridgehead atoms. The lowest BCUT2D eigenvalue weighted by Gasteiger charge is -2.30. The van der Waals surface area contributed by atoms with Gasteiger partial charge in [-0.3, -0.25) is 9.69 Å². The van der Waals surface area contributed by atoms with Crippen LogP contribution in [0.25, 0.3) is 0 Å². The van der Waals surface area contributed by atoms with Gasteiger partial charge in [-0.15, -0.1) is 0 Å². The number of benzene rings is 1. The highest BCUT2D eigenvalue weighted by molar-refractivity contribution is 6.30. The average molecular weight is 323 g/mol. The third-order valence-corrected chi connectivity index (χ3v) is 4.97. The summed E-state index contributed by atoms with van der Waals surface area (Å²) in [7, 11) is 0. The van der Waals surface area contributed by atoms with Crippen LogP contribution in [0.1, 0.15) is 32.6 Å². The Kier molecular flexibility index (Phi) is 4.71. The standard InChI is InChI=1S/C17H23ClN2O2/c1-12(21)10-14-6-3-8-19(14)16-7-9-20(17(16)22)15-5-2-4-13(18)11-15/h2,4-5,11-12,14,16,21H,3,6-10H2,1H3. The van der Waals surface area contributed by atoms with Gasteiger partial charge in [-0.25, -0.2) is 0 Å². The molecule has 3 unspecified atom stereocenters. The number of halogens is 1.